The van der Waals surface area contributed by atoms with Crippen molar-refractivity contribution in [3.63, 3.8) is 0 Å². The number of ketones is 1. The van der Waals surface area contributed by atoms with E-state index in [0.717, 1.165) is 35.0 Å². The summed E-state index contributed by atoms with van der Waals surface area (Å²) in [5, 5.41) is 0.699. The Bertz CT molecular complexity index is 747. The molecule has 1 saturated carbocycles. The molecule has 2 unspecified atom stereocenters. The molecule has 1 aliphatic heterocycles. The molecule has 1 amide bonds. The summed E-state index contributed by atoms with van der Waals surface area (Å²) >= 11 is 9.73. The first-order valence-corrected chi connectivity index (χ1v) is 10.2. The van der Waals surface area contributed by atoms with Crippen LogP contribution in [0.1, 0.15) is 31.2 Å². The Morgan fingerprint density at radius 2 is 2.08 bits per heavy atom. The molecule has 1 aromatic rings. The van der Waals surface area contributed by atoms with Gasteiger partial charge in [-0.15, -0.1) is 0 Å². The van der Waals surface area contributed by atoms with E-state index in [1.807, 2.05) is 48.3 Å². The van der Waals surface area contributed by atoms with Crippen molar-refractivity contribution in [3.05, 3.63) is 45.0 Å². The van der Waals surface area contributed by atoms with Crippen LogP contribution in [-0.2, 0) is 16.0 Å². The van der Waals surface area contributed by atoms with Crippen molar-refractivity contribution in [2.75, 3.05) is 20.6 Å². The van der Waals surface area contributed by atoms with Crippen LogP contribution in [-0.4, -0.2) is 48.2 Å². The zero-order valence-electron chi connectivity index (χ0n) is 15.2. The minimum Gasteiger partial charge on any atom is -0.383 e. The molecule has 4 nitrogen and oxygen atoms in total. The van der Waals surface area contributed by atoms with E-state index < -0.39 is 0 Å². The van der Waals surface area contributed by atoms with Crippen LogP contribution in [0.4, 0.5) is 0 Å². The van der Waals surface area contributed by atoms with Crippen molar-refractivity contribution >= 4 is 39.2 Å². The van der Waals surface area contributed by atoms with Crippen LogP contribution in [0.5, 0.6) is 0 Å². The highest BCUT2D eigenvalue weighted by molar-refractivity contribution is 9.10. The maximum absolute atomic E-state index is 13.0. The molecule has 1 aliphatic carbocycles. The third-order valence-corrected chi connectivity index (χ3v) is 6.05. The molecular weight excluding hydrogens is 416 g/mol. The van der Waals surface area contributed by atoms with Crippen molar-refractivity contribution in [2.45, 2.75) is 38.1 Å². The van der Waals surface area contributed by atoms with E-state index in [-0.39, 0.29) is 23.7 Å². The van der Waals surface area contributed by atoms with Crippen molar-refractivity contribution in [2.24, 2.45) is 5.92 Å². The van der Waals surface area contributed by atoms with Gasteiger partial charge in [0.25, 0.3) is 0 Å². The van der Waals surface area contributed by atoms with Gasteiger partial charge >= 0.3 is 0 Å². The number of amides is 1. The van der Waals surface area contributed by atoms with Crippen molar-refractivity contribution in [3.8, 4) is 0 Å². The second-order valence-corrected chi connectivity index (χ2v) is 8.72. The Labute approximate surface area is 168 Å². The monoisotopic (exact) mass is 438 g/mol. The van der Waals surface area contributed by atoms with E-state index in [1.165, 1.54) is 0 Å². The number of nitrogens with zero attached hydrogens (tertiary/aromatic N) is 2. The summed E-state index contributed by atoms with van der Waals surface area (Å²) in [6.07, 6.45) is 5.37. The topological polar surface area (TPSA) is 40.6 Å². The first-order chi connectivity index (χ1) is 12.3. The lowest BCUT2D eigenvalue weighted by Crippen LogP contribution is -2.41. The molecule has 3 rings (SSSR count). The van der Waals surface area contributed by atoms with E-state index >= 15 is 0 Å². The first-order valence-electron chi connectivity index (χ1n) is 9.00. The Morgan fingerprint density at radius 3 is 2.77 bits per heavy atom. The SMILES string of the molecule is CN(C)C=C1CC(N2CCC(Cc3ccc(Br)cc3Cl)C2=O)CCC1=O. The lowest BCUT2D eigenvalue weighted by molar-refractivity contribution is -0.134. The van der Waals surface area contributed by atoms with Crippen LogP contribution < -0.4 is 0 Å². The molecular formula is C20H24BrClN2O2. The second-order valence-electron chi connectivity index (χ2n) is 7.39. The number of halogens is 2. The predicted octanol–water partition coefficient (Wildman–Crippen LogP) is 4.06. The molecule has 1 aromatic carbocycles. The summed E-state index contributed by atoms with van der Waals surface area (Å²) in [6.45, 7) is 0.770. The van der Waals surface area contributed by atoms with Crippen molar-refractivity contribution in [1.82, 2.24) is 9.80 Å². The summed E-state index contributed by atoms with van der Waals surface area (Å²) in [7, 11) is 3.84. The van der Waals surface area contributed by atoms with Gasteiger partial charge in [-0.1, -0.05) is 33.6 Å². The minimum absolute atomic E-state index is 0.0208. The average molecular weight is 440 g/mol. The van der Waals surface area contributed by atoms with E-state index in [2.05, 4.69) is 15.9 Å². The Hall–Kier alpha value is -1.33. The number of carbonyl (C=O) groups excluding carboxylic acids is 2. The van der Waals surface area contributed by atoms with Gasteiger partial charge in [0.15, 0.2) is 5.78 Å². The molecule has 26 heavy (non-hydrogen) atoms. The number of benzene rings is 1. The van der Waals surface area contributed by atoms with E-state index in [4.69, 9.17) is 11.6 Å². The third kappa shape index (κ3) is 4.32. The van der Waals surface area contributed by atoms with Gasteiger partial charge in [0.1, 0.15) is 0 Å². The number of rotatable bonds is 4. The van der Waals surface area contributed by atoms with Crippen molar-refractivity contribution < 1.29 is 9.59 Å². The summed E-state index contributed by atoms with van der Waals surface area (Å²) < 4.78 is 0.942. The largest absolute Gasteiger partial charge is 0.383 e. The lowest BCUT2D eigenvalue weighted by Gasteiger charge is -2.32. The van der Waals surface area contributed by atoms with Gasteiger partial charge in [0.05, 0.1) is 0 Å². The smallest absolute Gasteiger partial charge is 0.226 e. The number of Topliss-reactive ketones (excluding diaryl/α,β-unsaturated/α-hetero) is 1. The number of likely N-dealkylation sites (tertiary alicyclic amines) is 1. The van der Waals surface area contributed by atoms with E-state index in [1.54, 1.807) is 0 Å². The fraction of sp³-hybridized carbons (Fsp3) is 0.500. The zero-order valence-corrected chi connectivity index (χ0v) is 17.5. The standard InChI is InChI=1S/C20H24BrClN2O2/c1-23(2)12-15-10-17(5-6-19(15)25)24-8-7-14(20(24)26)9-13-3-4-16(21)11-18(13)22/h3-4,11-12,14,17H,5-10H2,1-2H3. The maximum atomic E-state index is 13.0. The molecule has 0 bridgehead atoms. The normalized spacial score (nSPS) is 25.2. The lowest BCUT2D eigenvalue weighted by atomic mass is 9.89. The fourth-order valence-electron chi connectivity index (χ4n) is 3.90. The zero-order chi connectivity index (χ0) is 18.8. The number of hydrogen-bond donors (Lipinski definition) is 0. The van der Waals surface area contributed by atoms with Gasteiger partial charge in [-0.2, -0.15) is 0 Å². The summed E-state index contributed by atoms with van der Waals surface area (Å²) in [5.41, 5.74) is 1.85. The molecule has 2 atom stereocenters. The summed E-state index contributed by atoms with van der Waals surface area (Å²) in [5.74, 6) is 0.389. The molecule has 1 saturated heterocycles. The molecule has 0 radical (unpaired) electrons. The third-order valence-electron chi connectivity index (χ3n) is 5.21. The van der Waals surface area contributed by atoms with Gasteiger partial charge in [0, 0.05) is 60.3 Å². The van der Waals surface area contributed by atoms with E-state index in [9.17, 15) is 9.59 Å². The predicted molar refractivity (Wildman–Crippen MR) is 107 cm³/mol. The molecule has 0 spiro atoms. The molecule has 2 aliphatic rings. The molecule has 6 heteroatoms. The van der Waals surface area contributed by atoms with E-state index in [0.29, 0.717) is 24.3 Å². The molecule has 1 heterocycles. The molecule has 0 N–H and O–H groups in total. The highest BCUT2D eigenvalue weighted by Gasteiger charge is 2.38. The minimum atomic E-state index is -0.0208. The van der Waals surface area contributed by atoms with Crippen LogP contribution in [0, 0.1) is 5.92 Å². The van der Waals surface area contributed by atoms with Gasteiger partial charge in [-0.25, -0.2) is 0 Å². The maximum Gasteiger partial charge on any atom is 0.226 e. The van der Waals surface area contributed by atoms with Gasteiger partial charge in [-0.3, -0.25) is 9.59 Å². The Kier molecular flexibility index (Phi) is 6.08. The fourth-order valence-corrected chi connectivity index (χ4v) is 4.65. The molecule has 2 fully saturated rings. The van der Waals surface area contributed by atoms with Gasteiger partial charge in [0.2, 0.25) is 5.91 Å². The number of hydrogen-bond acceptors (Lipinski definition) is 3. The van der Waals surface area contributed by atoms with Crippen LogP contribution in [0.3, 0.4) is 0 Å². The quantitative estimate of drug-likeness (QED) is 0.664. The summed E-state index contributed by atoms with van der Waals surface area (Å²) in [6, 6.07) is 5.96. The van der Waals surface area contributed by atoms with Crippen LogP contribution >= 0.6 is 27.5 Å². The van der Waals surface area contributed by atoms with Crippen LogP contribution in [0.25, 0.3) is 0 Å². The molecule has 0 aromatic heterocycles. The summed E-state index contributed by atoms with van der Waals surface area (Å²) in [4.78, 5) is 29.0. The highest BCUT2D eigenvalue weighted by atomic mass is 79.9. The van der Waals surface area contributed by atoms with Crippen molar-refractivity contribution in [1.29, 1.82) is 0 Å². The van der Waals surface area contributed by atoms with Gasteiger partial charge in [-0.05, 0) is 43.4 Å². The first kappa shape index (κ1) is 19.4. The molecule has 140 valence electrons. The van der Waals surface area contributed by atoms with Crippen LogP contribution in [0.2, 0.25) is 5.02 Å². The Balaban J connectivity index is 1.68. The number of carbonyl (C=O) groups is 2. The Morgan fingerprint density at radius 1 is 1.31 bits per heavy atom. The average Bonchev–Trinajstić information content (AvgIpc) is 2.93. The van der Waals surface area contributed by atoms with Crippen LogP contribution in [0.15, 0.2) is 34.4 Å². The second kappa shape index (κ2) is 8.13. The highest BCUT2D eigenvalue weighted by Crippen LogP contribution is 2.33. The van der Waals surface area contributed by atoms with Gasteiger partial charge < -0.3 is 9.80 Å².